The minimum absolute atomic E-state index is 0.170. The molecule has 1 N–H and O–H groups in total. The van der Waals surface area contributed by atoms with Crippen LogP contribution in [-0.2, 0) is 4.79 Å². The van der Waals surface area contributed by atoms with Gasteiger partial charge >= 0.3 is 0 Å². The van der Waals surface area contributed by atoms with Crippen LogP contribution in [-0.4, -0.2) is 13.0 Å². The van der Waals surface area contributed by atoms with E-state index in [4.69, 9.17) is 0 Å². The molecule has 0 saturated heterocycles. The van der Waals surface area contributed by atoms with E-state index in [9.17, 15) is 4.79 Å². The van der Waals surface area contributed by atoms with Gasteiger partial charge in [-0.25, -0.2) is 0 Å². The van der Waals surface area contributed by atoms with Gasteiger partial charge in [-0.3, -0.25) is 4.79 Å². The fourth-order valence-electron chi connectivity index (χ4n) is 1.32. The second-order valence-corrected chi connectivity index (χ2v) is 4.02. The van der Waals surface area contributed by atoms with E-state index in [1.807, 2.05) is 0 Å². The van der Waals surface area contributed by atoms with Crippen LogP contribution in [0.1, 0.15) is 52.4 Å². The average Bonchev–Trinajstić information content (AvgIpc) is 2.10. The molecule has 0 aliphatic heterocycles. The molecule has 1 amide bonds. The van der Waals surface area contributed by atoms with Crippen molar-refractivity contribution in [3.05, 3.63) is 0 Å². The third-order valence-electron chi connectivity index (χ3n) is 2.21. The molecule has 0 aromatic carbocycles. The summed E-state index contributed by atoms with van der Waals surface area (Å²) in [4.78, 5) is 10.8. The Balaban J connectivity index is 3.04. The summed E-state index contributed by atoms with van der Waals surface area (Å²) in [6.45, 7) is 4.51. The molecule has 0 unspecified atom stereocenters. The largest absolute Gasteiger partial charge is 0.359 e. The lowest BCUT2D eigenvalue weighted by Gasteiger charge is -2.03. The van der Waals surface area contributed by atoms with Crippen LogP contribution >= 0.6 is 0 Å². The highest BCUT2D eigenvalue weighted by Crippen LogP contribution is 2.10. The Bertz CT molecular complexity index is 132. The summed E-state index contributed by atoms with van der Waals surface area (Å²) in [5, 5.41) is 2.64. The molecule has 0 bridgehead atoms. The number of carbonyl (C=O) groups excluding carboxylic acids is 1. The van der Waals surface area contributed by atoms with Crippen LogP contribution in [0.2, 0.25) is 0 Å². The van der Waals surface area contributed by atoms with Crippen LogP contribution in [0.5, 0.6) is 0 Å². The topological polar surface area (TPSA) is 29.1 Å². The maximum absolute atomic E-state index is 10.8. The predicted molar refractivity (Wildman–Crippen MR) is 56.6 cm³/mol. The molecular weight excluding hydrogens is 162 g/mol. The lowest BCUT2D eigenvalue weighted by atomic mass is 10.0. The van der Waals surface area contributed by atoms with E-state index in [2.05, 4.69) is 19.2 Å². The number of rotatable bonds is 7. The molecule has 0 rings (SSSR count). The second kappa shape index (κ2) is 8.09. The Hall–Kier alpha value is -0.530. The van der Waals surface area contributed by atoms with Crippen LogP contribution in [0.25, 0.3) is 0 Å². The maximum Gasteiger partial charge on any atom is 0.219 e. The van der Waals surface area contributed by atoms with Gasteiger partial charge in [-0.2, -0.15) is 0 Å². The number of hydrogen-bond acceptors (Lipinski definition) is 1. The second-order valence-electron chi connectivity index (χ2n) is 4.02. The number of carbonyl (C=O) groups is 1. The van der Waals surface area contributed by atoms with E-state index in [-0.39, 0.29) is 5.91 Å². The van der Waals surface area contributed by atoms with Gasteiger partial charge in [0.1, 0.15) is 0 Å². The Kier molecular flexibility index (Phi) is 7.76. The van der Waals surface area contributed by atoms with Crippen molar-refractivity contribution in [3.63, 3.8) is 0 Å². The van der Waals surface area contributed by atoms with Crippen LogP contribution in [0.15, 0.2) is 0 Å². The molecule has 2 nitrogen and oxygen atoms in total. The average molecular weight is 185 g/mol. The molecule has 0 spiro atoms. The molecule has 0 fully saturated rings. The molecule has 2 heteroatoms. The van der Waals surface area contributed by atoms with Gasteiger partial charge in [-0.15, -0.1) is 0 Å². The third-order valence-corrected chi connectivity index (χ3v) is 2.21. The van der Waals surface area contributed by atoms with Gasteiger partial charge in [0.05, 0.1) is 0 Å². The molecule has 0 saturated carbocycles. The Morgan fingerprint density at radius 1 is 1.15 bits per heavy atom. The van der Waals surface area contributed by atoms with Crippen LogP contribution in [0.4, 0.5) is 0 Å². The zero-order valence-corrected chi connectivity index (χ0v) is 9.23. The van der Waals surface area contributed by atoms with E-state index in [0.29, 0.717) is 6.42 Å². The van der Waals surface area contributed by atoms with Crippen molar-refractivity contribution in [3.8, 4) is 0 Å². The fourth-order valence-corrected chi connectivity index (χ4v) is 1.32. The van der Waals surface area contributed by atoms with E-state index in [0.717, 1.165) is 12.3 Å². The van der Waals surface area contributed by atoms with Gasteiger partial charge < -0.3 is 5.32 Å². The Morgan fingerprint density at radius 2 is 1.77 bits per heavy atom. The van der Waals surface area contributed by atoms with E-state index < -0.39 is 0 Å². The monoisotopic (exact) mass is 185 g/mol. The van der Waals surface area contributed by atoms with Gasteiger partial charge in [-0.05, 0) is 12.3 Å². The van der Waals surface area contributed by atoms with Crippen LogP contribution < -0.4 is 5.32 Å². The quantitative estimate of drug-likeness (QED) is 0.607. The van der Waals surface area contributed by atoms with Crippen molar-refractivity contribution in [2.24, 2.45) is 5.92 Å². The molecule has 0 radical (unpaired) electrons. The van der Waals surface area contributed by atoms with Crippen LogP contribution in [0.3, 0.4) is 0 Å². The summed E-state index contributed by atoms with van der Waals surface area (Å²) < 4.78 is 0. The SMILES string of the molecule is CNC(=O)CCCCCCC(C)C. The molecule has 13 heavy (non-hydrogen) atoms. The maximum atomic E-state index is 10.8. The summed E-state index contributed by atoms with van der Waals surface area (Å²) in [7, 11) is 1.70. The van der Waals surface area contributed by atoms with Crippen molar-refractivity contribution in [1.29, 1.82) is 0 Å². The van der Waals surface area contributed by atoms with Gasteiger partial charge in [0.25, 0.3) is 0 Å². The third kappa shape index (κ3) is 9.38. The normalized spacial score (nSPS) is 10.5. The van der Waals surface area contributed by atoms with Gasteiger partial charge in [0.15, 0.2) is 0 Å². The molecule has 0 atom stereocenters. The van der Waals surface area contributed by atoms with Crippen molar-refractivity contribution in [2.45, 2.75) is 52.4 Å². The summed E-state index contributed by atoms with van der Waals surface area (Å²) in [5.74, 6) is 0.989. The predicted octanol–water partition coefficient (Wildman–Crippen LogP) is 2.73. The van der Waals surface area contributed by atoms with E-state index >= 15 is 0 Å². The summed E-state index contributed by atoms with van der Waals surface area (Å²) in [6.07, 6.45) is 6.83. The zero-order chi connectivity index (χ0) is 10.1. The molecule has 78 valence electrons. The first-order chi connectivity index (χ1) is 6.16. The number of hydrogen-bond donors (Lipinski definition) is 1. The summed E-state index contributed by atoms with van der Waals surface area (Å²) in [6, 6.07) is 0. The van der Waals surface area contributed by atoms with Crippen molar-refractivity contribution < 1.29 is 4.79 Å². The highest BCUT2D eigenvalue weighted by atomic mass is 16.1. The Labute approximate surface area is 82.1 Å². The first-order valence-corrected chi connectivity index (χ1v) is 5.37. The molecule has 0 aliphatic rings. The molecule has 0 aromatic rings. The lowest BCUT2D eigenvalue weighted by Crippen LogP contribution is -2.16. The molecular formula is C11H23NO. The summed E-state index contributed by atoms with van der Waals surface area (Å²) in [5.41, 5.74) is 0. The number of nitrogens with one attached hydrogen (secondary N) is 1. The minimum atomic E-state index is 0.170. The highest BCUT2D eigenvalue weighted by Gasteiger charge is 1.97. The number of unbranched alkanes of at least 4 members (excludes halogenated alkanes) is 3. The highest BCUT2D eigenvalue weighted by molar-refractivity contribution is 5.75. The van der Waals surface area contributed by atoms with E-state index in [1.165, 1.54) is 25.7 Å². The van der Waals surface area contributed by atoms with Gasteiger partial charge in [-0.1, -0.05) is 39.5 Å². The van der Waals surface area contributed by atoms with E-state index in [1.54, 1.807) is 7.05 Å². The zero-order valence-electron chi connectivity index (χ0n) is 9.23. The molecule has 0 aliphatic carbocycles. The molecule has 0 heterocycles. The standard InChI is InChI=1S/C11H23NO/c1-10(2)8-6-4-5-7-9-11(13)12-3/h10H,4-9H2,1-3H3,(H,12,13). The summed E-state index contributed by atoms with van der Waals surface area (Å²) >= 11 is 0. The van der Waals surface area contributed by atoms with Gasteiger partial charge in [0.2, 0.25) is 5.91 Å². The first kappa shape index (κ1) is 12.5. The number of amides is 1. The van der Waals surface area contributed by atoms with Gasteiger partial charge in [0, 0.05) is 13.5 Å². The Morgan fingerprint density at radius 3 is 2.31 bits per heavy atom. The molecule has 0 aromatic heterocycles. The minimum Gasteiger partial charge on any atom is -0.359 e. The van der Waals surface area contributed by atoms with Crippen LogP contribution in [0, 0.1) is 5.92 Å². The fraction of sp³-hybridized carbons (Fsp3) is 0.909. The van der Waals surface area contributed by atoms with Crippen molar-refractivity contribution in [1.82, 2.24) is 5.32 Å². The first-order valence-electron chi connectivity index (χ1n) is 5.37. The smallest absolute Gasteiger partial charge is 0.219 e. The van der Waals surface area contributed by atoms with Crippen molar-refractivity contribution >= 4 is 5.91 Å². The lowest BCUT2D eigenvalue weighted by molar-refractivity contribution is -0.120. The van der Waals surface area contributed by atoms with Crippen molar-refractivity contribution in [2.75, 3.05) is 7.05 Å².